The van der Waals surface area contributed by atoms with E-state index in [1.807, 2.05) is 62.4 Å². The molecule has 8 aromatic carbocycles. The number of hydrogen-bond acceptors (Lipinski definition) is 4. The van der Waals surface area contributed by atoms with Gasteiger partial charge in [0.05, 0.1) is 11.0 Å². The monoisotopic (exact) mass is 694 g/mol. The first-order valence-corrected chi connectivity index (χ1v) is 18.5. The highest BCUT2D eigenvalue weighted by Crippen LogP contribution is 2.46. The van der Waals surface area contributed by atoms with Crippen molar-refractivity contribution < 1.29 is 4.42 Å². The third-order valence-electron chi connectivity index (χ3n) is 10.2. The number of aromatic nitrogens is 4. The first kappa shape index (κ1) is 31.6. The molecule has 0 saturated heterocycles. The van der Waals surface area contributed by atoms with Crippen LogP contribution in [0.4, 0.5) is 0 Å². The van der Waals surface area contributed by atoms with Gasteiger partial charge in [-0.25, -0.2) is 4.98 Å². The quantitative estimate of drug-likeness (QED) is 0.172. The van der Waals surface area contributed by atoms with Gasteiger partial charge in [-0.2, -0.15) is 9.97 Å². The molecule has 0 aliphatic rings. The molecule has 0 spiro atoms. The van der Waals surface area contributed by atoms with Crippen molar-refractivity contribution in [3.05, 3.63) is 170 Å². The zero-order valence-corrected chi connectivity index (χ0v) is 29.9. The molecule has 0 radical (unpaired) electrons. The Kier molecular flexibility index (Phi) is 7.51. The van der Waals surface area contributed by atoms with Gasteiger partial charge < -0.3 is 4.42 Å². The van der Waals surface area contributed by atoms with Crippen LogP contribution in [0.2, 0.25) is 0 Å². The molecule has 0 N–H and O–H groups in total. The van der Waals surface area contributed by atoms with Crippen LogP contribution in [-0.4, -0.2) is 19.5 Å². The molecule has 0 aliphatic carbocycles. The van der Waals surface area contributed by atoms with Crippen molar-refractivity contribution >= 4 is 65.3 Å². The van der Waals surface area contributed by atoms with Crippen molar-refractivity contribution in [1.82, 2.24) is 19.5 Å². The summed E-state index contributed by atoms with van der Waals surface area (Å²) in [4.78, 5) is 15.7. The minimum Gasteiger partial charge on any atom is -0.455 e. The Labute approximate surface area is 311 Å². The molecular weight excluding hydrogens is 661 g/mol. The van der Waals surface area contributed by atoms with Gasteiger partial charge in [-0.3, -0.25) is 4.57 Å². The van der Waals surface area contributed by atoms with Crippen molar-refractivity contribution in [2.24, 2.45) is 0 Å². The lowest BCUT2D eigenvalue weighted by Crippen LogP contribution is -2.07. The second-order valence-corrected chi connectivity index (χ2v) is 13.1. The van der Waals surface area contributed by atoms with Gasteiger partial charge in [-0.15, -0.1) is 0 Å². The molecule has 256 valence electrons. The molecule has 0 saturated carbocycles. The third kappa shape index (κ3) is 4.82. The van der Waals surface area contributed by atoms with E-state index in [0.717, 1.165) is 71.4 Å². The summed E-state index contributed by atoms with van der Waals surface area (Å²) in [5, 5.41) is 9.15. The van der Waals surface area contributed by atoms with E-state index >= 15 is 0 Å². The first-order valence-electron chi connectivity index (χ1n) is 18.5. The Morgan fingerprint density at radius 2 is 0.889 bits per heavy atom. The minimum absolute atomic E-state index is 0.553. The average molecular weight is 695 g/mol. The van der Waals surface area contributed by atoms with Crippen molar-refractivity contribution in [3.8, 4) is 39.9 Å². The number of rotatable bonds is 4. The predicted octanol–water partition coefficient (Wildman–Crippen LogP) is 13.2. The maximum absolute atomic E-state index is 6.65. The van der Waals surface area contributed by atoms with Crippen LogP contribution in [0.25, 0.3) is 105 Å². The molecule has 3 heterocycles. The molecule has 0 unspecified atom stereocenters. The zero-order chi connectivity index (χ0) is 36.2. The number of nitrogens with zero attached hydrogens (tertiary/aromatic N) is 4. The van der Waals surface area contributed by atoms with Crippen molar-refractivity contribution in [2.45, 2.75) is 13.8 Å². The molecule has 11 aromatic rings. The number of fused-ring (bicyclic) bond motifs is 11. The van der Waals surface area contributed by atoms with Crippen LogP contribution in [0.3, 0.4) is 0 Å². The molecule has 0 atom stereocenters. The SMILES string of the molecule is CC.c1ccc(-c2nc(-c3ccccc3)nc(-n3c4c(-c5cccc6c5oc5ccccc56)cccc4c4c5ccccc5c5ccccc5c43)n2)cc1. The van der Waals surface area contributed by atoms with E-state index in [1.54, 1.807) is 0 Å². The molecule has 0 fully saturated rings. The fourth-order valence-electron chi connectivity index (χ4n) is 8.00. The summed E-state index contributed by atoms with van der Waals surface area (Å²) >= 11 is 0. The summed E-state index contributed by atoms with van der Waals surface area (Å²) < 4.78 is 8.93. The van der Waals surface area contributed by atoms with Gasteiger partial charge in [0.15, 0.2) is 11.6 Å². The summed E-state index contributed by atoms with van der Waals surface area (Å²) in [7, 11) is 0. The molecule has 5 heteroatoms. The van der Waals surface area contributed by atoms with Crippen molar-refractivity contribution in [2.75, 3.05) is 0 Å². The van der Waals surface area contributed by atoms with Gasteiger partial charge in [-0.05, 0) is 22.2 Å². The highest BCUT2D eigenvalue weighted by molar-refractivity contribution is 6.33. The molecule has 0 aliphatic heterocycles. The van der Waals surface area contributed by atoms with Crippen LogP contribution in [0, 0.1) is 0 Å². The summed E-state index contributed by atoms with van der Waals surface area (Å²) in [6.45, 7) is 4.00. The van der Waals surface area contributed by atoms with Crippen molar-refractivity contribution in [3.63, 3.8) is 0 Å². The van der Waals surface area contributed by atoms with Gasteiger partial charge >= 0.3 is 0 Å². The van der Waals surface area contributed by atoms with E-state index in [9.17, 15) is 0 Å². The molecular formula is C49H34N4O. The highest BCUT2D eigenvalue weighted by Gasteiger charge is 2.25. The van der Waals surface area contributed by atoms with E-state index in [4.69, 9.17) is 19.4 Å². The first-order chi connectivity index (χ1) is 26.8. The Morgan fingerprint density at radius 3 is 1.56 bits per heavy atom. The Morgan fingerprint density at radius 1 is 0.389 bits per heavy atom. The van der Waals surface area contributed by atoms with E-state index in [2.05, 4.69) is 126 Å². The number of para-hydroxylation sites is 3. The van der Waals surface area contributed by atoms with E-state index in [0.29, 0.717) is 17.6 Å². The molecule has 54 heavy (non-hydrogen) atoms. The van der Waals surface area contributed by atoms with Gasteiger partial charge in [0.25, 0.3) is 0 Å². The number of hydrogen-bond donors (Lipinski definition) is 0. The Balaban J connectivity index is 0.00000178. The standard InChI is InChI=1S/C47H28N4O.C2H6/c1-3-15-29(16-4-1)45-48-46(30-17-5-2-6-18-30)50-47(49-45)51-42-36(38-26-14-25-37-33-21-11-12-28-40(33)52-44(37)38)24-13-27-39(42)41-34-22-9-7-19-31(34)32-20-8-10-23-35(32)43(41)51;1-2/h1-28H;1-2H3. The highest BCUT2D eigenvalue weighted by atomic mass is 16.3. The van der Waals surface area contributed by atoms with E-state index < -0.39 is 0 Å². The fraction of sp³-hybridized carbons (Fsp3) is 0.0408. The smallest absolute Gasteiger partial charge is 0.238 e. The van der Waals surface area contributed by atoms with Crippen LogP contribution < -0.4 is 0 Å². The lowest BCUT2D eigenvalue weighted by atomic mass is 9.95. The minimum atomic E-state index is 0.553. The Bertz CT molecular complexity index is 3120. The van der Waals surface area contributed by atoms with Gasteiger partial charge in [0, 0.05) is 49.2 Å². The fourth-order valence-corrected chi connectivity index (χ4v) is 8.00. The third-order valence-corrected chi connectivity index (χ3v) is 10.2. The van der Waals surface area contributed by atoms with Gasteiger partial charge in [0.1, 0.15) is 11.2 Å². The lowest BCUT2D eigenvalue weighted by Gasteiger charge is -2.14. The number of furan rings is 1. The maximum Gasteiger partial charge on any atom is 0.238 e. The lowest BCUT2D eigenvalue weighted by molar-refractivity contribution is 0.670. The largest absolute Gasteiger partial charge is 0.455 e. The van der Waals surface area contributed by atoms with Crippen LogP contribution in [0.5, 0.6) is 0 Å². The summed E-state index contributed by atoms with van der Waals surface area (Å²) in [6.07, 6.45) is 0. The number of benzene rings is 8. The molecule has 3 aromatic heterocycles. The summed E-state index contributed by atoms with van der Waals surface area (Å²) in [5.74, 6) is 1.78. The van der Waals surface area contributed by atoms with Crippen LogP contribution in [0.1, 0.15) is 13.8 Å². The van der Waals surface area contributed by atoms with Crippen LogP contribution >= 0.6 is 0 Å². The normalized spacial score (nSPS) is 11.5. The molecule has 0 bridgehead atoms. The Hall–Kier alpha value is -7.11. The molecule has 11 rings (SSSR count). The second kappa shape index (κ2) is 12.8. The molecule has 5 nitrogen and oxygen atoms in total. The van der Waals surface area contributed by atoms with Gasteiger partial charge in [0.2, 0.25) is 5.95 Å². The summed E-state index contributed by atoms with van der Waals surface area (Å²) in [5.41, 5.74) is 7.68. The van der Waals surface area contributed by atoms with Crippen LogP contribution in [0.15, 0.2) is 174 Å². The predicted molar refractivity (Wildman–Crippen MR) is 224 cm³/mol. The molecule has 0 amide bonds. The van der Waals surface area contributed by atoms with Crippen molar-refractivity contribution in [1.29, 1.82) is 0 Å². The van der Waals surface area contributed by atoms with E-state index in [-0.39, 0.29) is 0 Å². The maximum atomic E-state index is 6.65. The van der Waals surface area contributed by atoms with Crippen LogP contribution in [-0.2, 0) is 0 Å². The average Bonchev–Trinajstić information content (AvgIpc) is 3.82. The summed E-state index contributed by atoms with van der Waals surface area (Å²) in [6, 6.07) is 59.0. The van der Waals surface area contributed by atoms with E-state index in [1.165, 1.54) is 16.2 Å². The van der Waals surface area contributed by atoms with Gasteiger partial charge in [-0.1, -0.05) is 178 Å². The zero-order valence-electron chi connectivity index (χ0n) is 29.9. The topological polar surface area (TPSA) is 56.7 Å². The second-order valence-electron chi connectivity index (χ2n) is 13.1.